The van der Waals surface area contributed by atoms with Crippen LogP contribution in [0.5, 0.6) is 0 Å². The highest BCUT2D eigenvalue weighted by atomic mass is 15.3. The van der Waals surface area contributed by atoms with Gasteiger partial charge >= 0.3 is 0 Å². The molecule has 4 heteroatoms. The van der Waals surface area contributed by atoms with Crippen LogP contribution in [0.3, 0.4) is 0 Å². The zero-order chi connectivity index (χ0) is 12.5. The summed E-state index contributed by atoms with van der Waals surface area (Å²) < 4.78 is 1.90. The largest absolute Gasteiger partial charge is 0.312 e. The molecule has 3 rings (SSSR count). The van der Waals surface area contributed by atoms with Gasteiger partial charge in [-0.2, -0.15) is 5.10 Å². The summed E-state index contributed by atoms with van der Waals surface area (Å²) in [6.07, 6.45) is 6.12. The Labute approximate surface area is 109 Å². The molecular formula is C14H24N4. The summed E-state index contributed by atoms with van der Waals surface area (Å²) in [6, 6.07) is 3.50. The summed E-state index contributed by atoms with van der Waals surface area (Å²) in [7, 11) is 1.99. The summed E-state index contributed by atoms with van der Waals surface area (Å²) in [5.74, 6) is 0.932. The van der Waals surface area contributed by atoms with Gasteiger partial charge in [-0.3, -0.25) is 9.58 Å². The Bertz CT molecular complexity index is 396. The van der Waals surface area contributed by atoms with Crippen molar-refractivity contribution in [3.8, 4) is 0 Å². The van der Waals surface area contributed by atoms with Crippen molar-refractivity contribution >= 4 is 0 Å². The molecule has 2 aliphatic rings. The monoisotopic (exact) mass is 248 g/mol. The first-order valence-electron chi connectivity index (χ1n) is 7.18. The fraction of sp³-hybridized carbons (Fsp3) is 0.786. The maximum atomic E-state index is 4.51. The minimum absolute atomic E-state index is 0.656. The zero-order valence-electron chi connectivity index (χ0n) is 11.5. The number of nitrogens with one attached hydrogen (secondary N) is 1. The topological polar surface area (TPSA) is 33.1 Å². The van der Waals surface area contributed by atoms with E-state index in [2.05, 4.69) is 28.3 Å². The van der Waals surface area contributed by atoms with E-state index in [1.165, 1.54) is 38.0 Å². The molecule has 18 heavy (non-hydrogen) atoms. The first kappa shape index (κ1) is 12.2. The Morgan fingerprint density at radius 2 is 2.22 bits per heavy atom. The Morgan fingerprint density at radius 3 is 2.89 bits per heavy atom. The molecule has 0 amide bonds. The maximum Gasteiger partial charge on any atom is 0.0764 e. The van der Waals surface area contributed by atoms with Gasteiger partial charge in [-0.15, -0.1) is 0 Å². The number of aromatic nitrogens is 2. The Hall–Kier alpha value is -0.870. The number of hydrogen-bond acceptors (Lipinski definition) is 3. The molecular weight excluding hydrogens is 224 g/mol. The molecule has 0 radical (unpaired) electrons. The van der Waals surface area contributed by atoms with E-state index in [1.54, 1.807) is 0 Å². The molecule has 0 bridgehead atoms. The molecule has 2 unspecified atom stereocenters. The molecule has 1 aliphatic heterocycles. The predicted octanol–water partition coefficient (Wildman–Crippen LogP) is 1.38. The second kappa shape index (κ2) is 5.02. The number of rotatable bonds is 3. The van der Waals surface area contributed by atoms with Crippen molar-refractivity contribution in [1.82, 2.24) is 20.0 Å². The fourth-order valence-corrected chi connectivity index (χ4v) is 2.95. The quantitative estimate of drug-likeness (QED) is 0.877. The van der Waals surface area contributed by atoms with Gasteiger partial charge in [0.1, 0.15) is 0 Å². The second-order valence-electron chi connectivity index (χ2n) is 5.95. The number of hydrogen-bond donors (Lipinski definition) is 1. The summed E-state index contributed by atoms with van der Waals surface area (Å²) in [5.41, 5.74) is 1.20. The zero-order valence-corrected chi connectivity index (χ0v) is 11.5. The van der Waals surface area contributed by atoms with Crippen molar-refractivity contribution < 1.29 is 0 Å². The Morgan fingerprint density at radius 1 is 1.39 bits per heavy atom. The molecule has 1 saturated carbocycles. The predicted molar refractivity (Wildman–Crippen MR) is 72.2 cm³/mol. The lowest BCUT2D eigenvalue weighted by Crippen LogP contribution is -2.41. The lowest BCUT2D eigenvalue weighted by molar-refractivity contribution is 0.188. The summed E-state index contributed by atoms with van der Waals surface area (Å²) in [5, 5.41) is 8.24. The summed E-state index contributed by atoms with van der Waals surface area (Å²) in [6.45, 7) is 5.69. The molecule has 2 fully saturated rings. The van der Waals surface area contributed by atoms with Crippen LogP contribution in [0.25, 0.3) is 0 Å². The molecule has 4 nitrogen and oxygen atoms in total. The van der Waals surface area contributed by atoms with Gasteiger partial charge < -0.3 is 5.32 Å². The van der Waals surface area contributed by atoms with Crippen molar-refractivity contribution in [3.05, 3.63) is 18.0 Å². The highest BCUT2D eigenvalue weighted by Crippen LogP contribution is 2.34. The maximum absolute atomic E-state index is 4.51. The molecule has 0 spiro atoms. The molecule has 1 saturated heterocycles. The van der Waals surface area contributed by atoms with Gasteiger partial charge in [0.25, 0.3) is 0 Å². The molecule has 1 aromatic rings. The van der Waals surface area contributed by atoms with E-state index in [9.17, 15) is 0 Å². The Kier molecular flexibility index (Phi) is 3.39. The third kappa shape index (κ3) is 2.75. The van der Waals surface area contributed by atoms with Crippen molar-refractivity contribution in [2.45, 2.75) is 44.8 Å². The third-order valence-corrected chi connectivity index (χ3v) is 4.35. The minimum atomic E-state index is 0.656. The molecule has 2 heterocycles. The van der Waals surface area contributed by atoms with E-state index in [-0.39, 0.29) is 0 Å². The highest BCUT2D eigenvalue weighted by molar-refractivity contribution is 5.00. The van der Waals surface area contributed by atoms with E-state index in [0.717, 1.165) is 12.5 Å². The smallest absolute Gasteiger partial charge is 0.0764 e. The van der Waals surface area contributed by atoms with E-state index < -0.39 is 0 Å². The lowest BCUT2D eigenvalue weighted by Gasteiger charge is -2.28. The van der Waals surface area contributed by atoms with Gasteiger partial charge in [-0.05, 0) is 44.7 Å². The fourth-order valence-electron chi connectivity index (χ4n) is 2.95. The van der Waals surface area contributed by atoms with Gasteiger partial charge in [0.15, 0.2) is 0 Å². The van der Waals surface area contributed by atoms with Crippen LogP contribution in [0.15, 0.2) is 12.3 Å². The van der Waals surface area contributed by atoms with Crippen LogP contribution in [-0.2, 0) is 13.6 Å². The van der Waals surface area contributed by atoms with Crippen LogP contribution in [0, 0.1) is 5.92 Å². The van der Waals surface area contributed by atoms with Crippen LogP contribution in [0.4, 0.5) is 0 Å². The van der Waals surface area contributed by atoms with Crippen molar-refractivity contribution in [3.63, 3.8) is 0 Å². The van der Waals surface area contributed by atoms with Crippen LogP contribution < -0.4 is 5.32 Å². The molecule has 100 valence electrons. The van der Waals surface area contributed by atoms with Crippen molar-refractivity contribution in [2.75, 3.05) is 13.1 Å². The van der Waals surface area contributed by atoms with Gasteiger partial charge in [0.2, 0.25) is 0 Å². The van der Waals surface area contributed by atoms with Crippen LogP contribution in [0.1, 0.15) is 31.9 Å². The number of aryl methyl sites for hydroxylation is 1. The van der Waals surface area contributed by atoms with Crippen LogP contribution >= 0.6 is 0 Å². The van der Waals surface area contributed by atoms with Gasteiger partial charge in [-0.25, -0.2) is 0 Å². The third-order valence-electron chi connectivity index (χ3n) is 4.35. The van der Waals surface area contributed by atoms with E-state index in [1.807, 2.05) is 17.9 Å². The van der Waals surface area contributed by atoms with E-state index >= 15 is 0 Å². The summed E-state index contributed by atoms with van der Waals surface area (Å²) in [4.78, 5) is 2.60. The van der Waals surface area contributed by atoms with Crippen molar-refractivity contribution in [2.24, 2.45) is 13.0 Å². The SMILES string of the molecule is CC1CCNC(C2CC2)CN1Cc1ccn(C)n1. The summed E-state index contributed by atoms with van der Waals surface area (Å²) >= 11 is 0. The highest BCUT2D eigenvalue weighted by Gasteiger charge is 2.34. The van der Waals surface area contributed by atoms with E-state index in [4.69, 9.17) is 0 Å². The first-order valence-corrected chi connectivity index (χ1v) is 7.18. The van der Waals surface area contributed by atoms with E-state index in [0.29, 0.717) is 12.1 Å². The molecule has 1 aromatic heterocycles. The number of nitrogens with zero attached hydrogens (tertiary/aromatic N) is 3. The average molecular weight is 248 g/mol. The second-order valence-corrected chi connectivity index (χ2v) is 5.95. The Balaban J connectivity index is 1.66. The van der Waals surface area contributed by atoms with Crippen LogP contribution in [0.2, 0.25) is 0 Å². The van der Waals surface area contributed by atoms with Crippen molar-refractivity contribution in [1.29, 1.82) is 0 Å². The molecule has 1 aliphatic carbocycles. The minimum Gasteiger partial charge on any atom is -0.312 e. The normalized spacial score (nSPS) is 30.3. The first-order chi connectivity index (χ1) is 8.72. The van der Waals surface area contributed by atoms with Gasteiger partial charge in [-0.1, -0.05) is 0 Å². The van der Waals surface area contributed by atoms with Crippen LogP contribution in [-0.4, -0.2) is 39.9 Å². The molecule has 1 N–H and O–H groups in total. The molecule has 2 atom stereocenters. The van der Waals surface area contributed by atoms with Gasteiger partial charge in [0.05, 0.1) is 5.69 Å². The average Bonchev–Trinajstić information content (AvgIpc) is 3.11. The van der Waals surface area contributed by atoms with Gasteiger partial charge in [0, 0.05) is 38.4 Å². The molecule has 0 aromatic carbocycles. The lowest BCUT2D eigenvalue weighted by atomic mass is 10.1. The standard InChI is InChI=1S/C14H24N4/c1-11-5-7-15-14(12-3-4-12)10-18(11)9-13-6-8-17(2)16-13/h6,8,11-12,14-15H,3-5,7,9-10H2,1-2H3.